The Morgan fingerprint density at radius 3 is 2.93 bits per heavy atom. The molecule has 0 amide bonds. The number of nitrogens with zero attached hydrogens (tertiary/aromatic N) is 4. The largest absolute Gasteiger partial charge is 1.00 e. The fraction of sp³-hybridized carbons (Fsp3) is 0.278. The Balaban J connectivity index is 0.00000280. The molecule has 0 aliphatic carbocycles. The second-order valence-electron chi connectivity index (χ2n) is 6.09. The van der Waals surface area contributed by atoms with Crippen LogP contribution in [0.3, 0.4) is 0 Å². The number of anilines is 2. The van der Waals surface area contributed by atoms with Crippen molar-refractivity contribution in [3.63, 3.8) is 0 Å². The molecule has 0 atom stereocenters. The van der Waals surface area contributed by atoms with Gasteiger partial charge in [0.2, 0.25) is 0 Å². The number of rotatable bonds is 8. The molecule has 0 aliphatic heterocycles. The van der Waals surface area contributed by atoms with E-state index in [0.717, 1.165) is 0 Å². The molecule has 28 heavy (non-hydrogen) atoms. The van der Waals surface area contributed by atoms with Crippen LogP contribution in [0.25, 0.3) is 5.65 Å². The summed E-state index contributed by atoms with van der Waals surface area (Å²) in [5.74, 6) is -0.379. The Labute approximate surface area is 173 Å². The molecule has 0 fully saturated rings. The van der Waals surface area contributed by atoms with Gasteiger partial charge >= 0.3 is 18.9 Å². The predicted molar refractivity (Wildman–Crippen MR) is 95.6 cm³/mol. The Hall–Kier alpha value is -2.76. The van der Waals surface area contributed by atoms with Gasteiger partial charge in [0.25, 0.3) is 0 Å². The maximum atomic E-state index is 13.7. The minimum Gasteiger partial charge on any atom is -0.550 e. The fourth-order valence-corrected chi connectivity index (χ4v) is 2.64. The van der Waals surface area contributed by atoms with E-state index in [1.165, 1.54) is 24.4 Å². The van der Waals surface area contributed by atoms with Crippen LogP contribution in [-0.2, 0) is 11.3 Å². The van der Waals surface area contributed by atoms with Crippen molar-refractivity contribution in [2.24, 2.45) is 0 Å². The smallest absolute Gasteiger partial charge is 0.550 e. The number of carboxylic acid groups (broad SMARTS) is 1. The van der Waals surface area contributed by atoms with Crippen molar-refractivity contribution in [1.29, 1.82) is 0 Å². The molecule has 3 aromatic rings. The van der Waals surface area contributed by atoms with Gasteiger partial charge in [0.05, 0.1) is 18.5 Å². The van der Waals surface area contributed by atoms with Gasteiger partial charge in [-0.2, -0.15) is 5.10 Å². The number of fused-ring (bicyclic) bond motifs is 1. The van der Waals surface area contributed by atoms with E-state index in [1.807, 2.05) is 11.9 Å². The van der Waals surface area contributed by atoms with Gasteiger partial charge in [-0.1, -0.05) is 0 Å². The van der Waals surface area contributed by atoms with Crippen LogP contribution in [0, 0.1) is 5.82 Å². The van der Waals surface area contributed by atoms with Gasteiger partial charge in [-0.15, -0.1) is 0 Å². The van der Waals surface area contributed by atoms with Crippen LogP contribution >= 0.6 is 0 Å². The molecule has 142 valence electrons. The molecule has 0 bridgehead atoms. The van der Waals surface area contributed by atoms with E-state index in [1.54, 1.807) is 16.8 Å². The zero-order chi connectivity index (χ0) is 19.4. The van der Waals surface area contributed by atoms with Crippen LogP contribution in [0.2, 0.25) is 0 Å². The van der Waals surface area contributed by atoms with Gasteiger partial charge in [0.15, 0.2) is 5.65 Å². The van der Waals surface area contributed by atoms with Crippen molar-refractivity contribution >= 4 is 23.1 Å². The molecule has 0 aliphatic rings. The summed E-state index contributed by atoms with van der Waals surface area (Å²) in [7, 11) is 1.82. The summed E-state index contributed by atoms with van der Waals surface area (Å²) in [5, 5.41) is 14.6. The van der Waals surface area contributed by atoms with Crippen LogP contribution in [0.4, 0.5) is 15.9 Å². The average Bonchev–Trinajstić information content (AvgIpc) is 3.00. The molecule has 0 radical (unpaired) electrons. The maximum Gasteiger partial charge on any atom is 1.00 e. The molecule has 0 saturated carbocycles. The van der Waals surface area contributed by atoms with Crippen LogP contribution in [-0.4, -0.2) is 34.2 Å². The molecule has 2 aromatic heterocycles. The quantitative estimate of drug-likeness (QED) is 0.356. The van der Waals surface area contributed by atoms with Gasteiger partial charge in [0, 0.05) is 31.3 Å². The van der Waals surface area contributed by atoms with E-state index in [2.05, 4.69) is 10.1 Å². The average molecular weight is 379 g/mol. The van der Waals surface area contributed by atoms with Crippen LogP contribution in [0.15, 0.2) is 36.7 Å². The topological polar surface area (TPSA) is 109 Å². The summed E-state index contributed by atoms with van der Waals surface area (Å²) in [5.41, 5.74) is 7.48. The van der Waals surface area contributed by atoms with Crippen molar-refractivity contribution in [1.82, 2.24) is 14.6 Å². The van der Waals surface area contributed by atoms with Crippen LogP contribution in [0.1, 0.15) is 18.4 Å². The number of benzene rings is 1. The van der Waals surface area contributed by atoms with Gasteiger partial charge in [-0.05, 0) is 37.1 Å². The molecule has 2 heterocycles. The fourth-order valence-electron chi connectivity index (χ4n) is 2.64. The molecule has 10 heteroatoms. The molecular formula is C18H19FLiN5O3. The van der Waals surface area contributed by atoms with Gasteiger partial charge < -0.3 is 25.3 Å². The third-order valence-electron chi connectivity index (χ3n) is 3.99. The number of aliphatic carboxylic acids is 1. The van der Waals surface area contributed by atoms with Gasteiger partial charge in [-0.3, -0.25) is 0 Å². The van der Waals surface area contributed by atoms with Gasteiger partial charge in [-0.25, -0.2) is 13.9 Å². The first-order valence-corrected chi connectivity index (χ1v) is 8.36. The summed E-state index contributed by atoms with van der Waals surface area (Å²) < 4.78 is 20.9. The van der Waals surface area contributed by atoms with E-state index in [9.17, 15) is 14.3 Å². The zero-order valence-electron chi connectivity index (χ0n) is 15.8. The molecule has 2 N–H and O–H groups in total. The number of aromatic nitrogens is 3. The Morgan fingerprint density at radius 2 is 2.18 bits per heavy atom. The predicted octanol–water partition coefficient (Wildman–Crippen LogP) is -2.00. The molecular weight excluding hydrogens is 360 g/mol. The molecule has 0 unspecified atom stereocenters. The first-order valence-electron chi connectivity index (χ1n) is 8.36. The van der Waals surface area contributed by atoms with Gasteiger partial charge in [0.1, 0.15) is 17.4 Å². The number of nitrogen functional groups attached to an aromatic ring is 1. The SMILES string of the molecule is CN(Cc1cc(F)ccc1OCCCC(=O)[O-])c1ccn2ncc(N)c2n1.[Li+]. The van der Waals surface area contributed by atoms with E-state index in [4.69, 9.17) is 10.5 Å². The molecule has 3 rings (SSSR count). The number of carbonyl (C=O) groups excluding carboxylic acids is 1. The minimum absolute atomic E-state index is 0. The molecule has 1 aromatic carbocycles. The van der Waals surface area contributed by atoms with E-state index < -0.39 is 5.97 Å². The number of carbonyl (C=O) groups is 1. The Morgan fingerprint density at radius 1 is 1.39 bits per heavy atom. The van der Waals surface area contributed by atoms with Crippen molar-refractivity contribution < 1.29 is 37.9 Å². The van der Waals surface area contributed by atoms with E-state index in [0.29, 0.717) is 41.4 Å². The summed E-state index contributed by atoms with van der Waals surface area (Å²) >= 11 is 0. The number of nitrogens with two attached hydrogens (primary N) is 1. The van der Waals surface area contributed by atoms with Crippen LogP contribution in [0.5, 0.6) is 5.75 Å². The molecule has 8 nitrogen and oxygen atoms in total. The number of hydrogen-bond donors (Lipinski definition) is 1. The Kier molecular flexibility index (Phi) is 7.26. The van der Waals surface area contributed by atoms with Crippen molar-refractivity contribution in [2.75, 3.05) is 24.3 Å². The Bertz CT molecular complexity index is 966. The number of ether oxygens (including phenoxy) is 1. The first-order chi connectivity index (χ1) is 12.9. The zero-order valence-corrected chi connectivity index (χ0v) is 15.8. The summed E-state index contributed by atoms with van der Waals surface area (Å²) in [6, 6.07) is 5.99. The monoisotopic (exact) mass is 379 g/mol. The first kappa shape index (κ1) is 21.5. The van der Waals surface area contributed by atoms with E-state index >= 15 is 0 Å². The summed E-state index contributed by atoms with van der Waals surface area (Å²) in [6.45, 7) is 0.539. The third kappa shape index (κ3) is 5.15. The minimum atomic E-state index is -1.13. The second kappa shape index (κ2) is 9.44. The summed E-state index contributed by atoms with van der Waals surface area (Å²) in [6.07, 6.45) is 3.49. The molecule has 0 saturated heterocycles. The normalized spacial score (nSPS) is 10.5. The van der Waals surface area contributed by atoms with E-state index in [-0.39, 0.29) is 37.7 Å². The van der Waals surface area contributed by atoms with Crippen LogP contribution < -0.4 is 39.3 Å². The number of hydrogen-bond acceptors (Lipinski definition) is 7. The third-order valence-corrected chi connectivity index (χ3v) is 3.99. The second-order valence-corrected chi connectivity index (χ2v) is 6.09. The standard InChI is InChI=1S/C18H20FN5O3.Li/c1-23(16-6-7-24-18(22-16)14(20)10-21-24)11-12-9-13(19)4-5-15(12)27-8-2-3-17(25)26;/h4-7,9-10H,2-3,8,11,20H2,1H3,(H,25,26);/q;+1/p-1. The number of carboxylic acids is 1. The van der Waals surface area contributed by atoms with Crippen molar-refractivity contribution in [3.05, 3.63) is 48.0 Å². The number of halogens is 1. The van der Waals surface area contributed by atoms with Crippen molar-refractivity contribution in [3.8, 4) is 5.75 Å². The van der Waals surface area contributed by atoms with Crippen molar-refractivity contribution in [2.45, 2.75) is 19.4 Å². The maximum absolute atomic E-state index is 13.7. The summed E-state index contributed by atoms with van der Waals surface area (Å²) in [4.78, 5) is 16.8. The molecule has 0 spiro atoms.